The van der Waals surface area contributed by atoms with Crippen molar-refractivity contribution in [2.75, 3.05) is 60.2 Å². The molecule has 0 saturated carbocycles. The number of hydrogen-bond donors (Lipinski definition) is 2. The minimum Gasteiger partial charge on any atom is -0.465 e. The van der Waals surface area contributed by atoms with Crippen molar-refractivity contribution in [3.8, 4) is 0 Å². The maximum Gasteiger partial charge on any atom is 0.191 e. The molecule has 136 valence electrons. The second-order valence-electron chi connectivity index (χ2n) is 5.84. The van der Waals surface area contributed by atoms with Gasteiger partial charge in [-0.15, -0.1) is 0 Å². The summed E-state index contributed by atoms with van der Waals surface area (Å²) >= 11 is 0. The molecule has 24 heavy (non-hydrogen) atoms. The van der Waals surface area contributed by atoms with Crippen molar-refractivity contribution in [3.63, 3.8) is 0 Å². The third kappa shape index (κ3) is 5.81. The topological polar surface area (TPSA) is 71.3 Å². The van der Waals surface area contributed by atoms with Crippen LogP contribution >= 0.6 is 0 Å². The van der Waals surface area contributed by atoms with Crippen LogP contribution in [-0.2, 0) is 9.47 Å². The van der Waals surface area contributed by atoms with Crippen molar-refractivity contribution in [3.05, 3.63) is 23.7 Å². The van der Waals surface area contributed by atoms with E-state index in [4.69, 9.17) is 13.9 Å². The Hall–Kier alpha value is -1.57. The van der Waals surface area contributed by atoms with Crippen molar-refractivity contribution >= 4 is 5.96 Å². The van der Waals surface area contributed by atoms with Crippen LogP contribution in [0.3, 0.4) is 0 Å². The SMILES string of the molecule is CN=C(NCCCOC)NCC(c1ccc(C)o1)N1CCOCC1. The number of furan rings is 1. The normalized spacial score (nSPS) is 17.7. The molecule has 0 spiro atoms. The summed E-state index contributed by atoms with van der Waals surface area (Å²) < 4.78 is 16.4. The minimum atomic E-state index is 0.167. The summed E-state index contributed by atoms with van der Waals surface area (Å²) in [6, 6.07) is 4.24. The number of rotatable bonds is 8. The third-order valence-corrected chi connectivity index (χ3v) is 4.08. The summed E-state index contributed by atoms with van der Waals surface area (Å²) in [5, 5.41) is 6.71. The average molecular weight is 338 g/mol. The van der Waals surface area contributed by atoms with Gasteiger partial charge >= 0.3 is 0 Å². The number of nitrogens with one attached hydrogen (secondary N) is 2. The quantitative estimate of drug-likeness (QED) is 0.421. The smallest absolute Gasteiger partial charge is 0.191 e. The van der Waals surface area contributed by atoms with E-state index in [1.807, 2.05) is 13.0 Å². The number of aliphatic imine (C=N–C) groups is 1. The number of ether oxygens (including phenoxy) is 2. The fourth-order valence-electron chi connectivity index (χ4n) is 2.77. The molecular formula is C17H30N4O3. The zero-order valence-corrected chi connectivity index (χ0v) is 15.0. The first kappa shape index (κ1) is 18.8. The first-order valence-electron chi connectivity index (χ1n) is 8.56. The van der Waals surface area contributed by atoms with Gasteiger partial charge in [0.1, 0.15) is 11.5 Å². The van der Waals surface area contributed by atoms with Crippen LogP contribution in [0.1, 0.15) is 24.0 Å². The van der Waals surface area contributed by atoms with Gasteiger partial charge in [-0.2, -0.15) is 0 Å². The summed E-state index contributed by atoms with van der Waals surface area (Å²) in [7, 11) is 3.50. The lowest BCUT2D eigenvalue weighted by molar-refractivity contribution is 0.0124. The molecule has 0 radical (unpaired) electrons. The molecule has 2 heterocycles. The molecule has 7 heteroatoms. The van der Waals surface area contributed by atoms with Gasteiger partial charge in [-0.1, -0.05) is 0 Å². The highest BCUT2D eigenvalue weighted by molar-refractivity contribution is 5.79. The largest absolute Gasteiger partial charge is 0.465 e. The van der Waals surface area contributed by atoms with Gasteiger partial charge in [-0.05, 0) is 25.5 Å². The molecule has 1 aliphatic rings. The number of guanidine groups is 1. The van der Waals surface area contributed by atoms with Gasteiger partial charge in [-0.25, -0.2) is 0 Å². The van der Waals surface area contributed by atoms with E-state index >= 15 is 0 Å². The van der Waals surface area contributed by atoms with Gasteiger partial charge in [0.05, 0.1) is 19.3 Å². The molecule has 1 unspecified atom stereocenters. The minimum absolute atomic E-state index is 0.167. The second-order valence-corrected chi connectivity index (χ2v) is 5.84. The van der Waals surface area contributed by atoms with Crippen molar-refractivity contribution in [1.82, 2.24) is 15.5 Å². The maximum absolute atomic E-state index is 5.88. The average Bonchev–Trinajstić information content (AvgIpc) is 3.04. The highest BCUT2D eigenvalue weighted by atomic mass is 16.5. The molecule has 2 N–H and O–H groups in total. The Morgan fingerprint density at radius 2 is 2.12 bits per heavy atom. The van der Waals surface area contributed by atoms with Crippen LogP contribution in [-0.4, -0.2) is 71.0 Å². The van der Waals surface area contributed by atoms with Gasteiger partial charge in [-0.3, -0.25) is 9.89 Å². The van der Waals surface area contributed by atoms with E-state index < -0.39 is 0 Å². The monoisotopic (exact) mass is 338 g/mol. The van der Waals surface area contributed by atoms with Gasteiger partial charge in [0.2, 0.25) is 0 Å². The Labute approximate surface area is 144 Å². The molecule has 0 bridgehead atoms. The first-order valence-corrected chi connectivity index (χ1v) is 8.56. The highest BCUT2D eigenvalue weighted by Crippen LogP contribution is 2.23. The van der Waals surface area contributed by atoms with E-state index in [2.05, 4.69) is 26.6 Å². The van der Waals surface area contributed by atoms with E-state index in [1.54, 1.807) is 14.2 Å². The number of methoxy groups -OCH3 is 1. The number of nitrogens with zero attached hydrogens (tertiary/aromatic N) is 2. The Morgan fingerprint density at radius 1 is 1.33 bits per heavy atom. The Bertz CT molecular complexity index is 498. The van der Waals surface area contributed by atoms with E-state index in [9.17, 15) is 0 Å². The Morgan fingerprint density at radius 3 is 2.75 bits per heavy atom. The van der Waals surface area contributed by atoms with Crippen LogP contribution in [0.15, 0.2) is 21.5 Å². The molecule has 1 fully saturated rings. The van der Waals surface area contributed by atoms with Crippen LogP contribution < -0.4 is 10.6 Å². The standard InChI is InChI=1S/C17H30N4O3/c1-14-5-6-16(24-14)15(21-8-11-23-12-9-21)13-20-17(18-2)19-7-4-10-22-3/h5-6,15H,4,7-13H2,1-3H3,(H2,18,19,20). The zero-order valence-electron chi connectivity index (χ0n) is 15.0. The summed E-state index contributed by atoms with van der Waals surface area (Å²) in [5.74, 6) is 2.72. The van der Waals surface area contributed by atoms with E-state index in [-0.39, 0.29) is 6.04 Å². The molecule has 1 saturated heterocycles. The van der Waals surface area contributed by atoms with Crippen molar-refractivity contribution in [2.24, 2.45) is 4.99 Å². The molecule has 7 nitrogen and oxygen atoms in total. The molecule has 0 aromatic carbocycles. The Kier molecular flexibility index (Phi) is 8.07. The molecule has 2 rings (SSSR count). The van der Waals surface area contributed by atoms with Crippen molar-refractivity contribution in [1.29, 1.82) is 0 Å². The molecule has 0 amide bonds. The molecule has 1 aromatic heterocycles. The number of aryl methyl sites for hydroxylation is 1. The predicted octanol–water partition coefficient (Wildman–Crippen LogP) is 1.16. The molecule has 0 aliphatic carbocycles. The lowest BCUT2D eigenvalue weighted by Gasteiger charge is -2.33. The predicted molar refractivity (Wildman–Crippen MR) is 94.4 cm³/mol. The maximum atomic E-state index is 5.88. The number of morpholine rings is 1. The molecule has 1 atom stereocenters. The van der Waals surface area contributed by atoms with Crippen LogP contribution in [0.4, 0.5) is 0 Å². The van der Waals surface area contributed by atoms with Crippen molar-refractivity contribution < 1.29 is 13.9 Å². The van der Waals surface area contributed by atoms with Gasteiger partial charge in [0, 0.05) is 46.9 Å². The van der Waals surface area contributed by atoms with E-state index in [0.717, 1.165) is 69.9 Å². The fourth-order valence-corrected chi connectivity index (χ4v) is 2.77. The molecule has 1 aromatic rings. The van der Waals surface area contributed by atoms with Gasteiger partial charge < -0.3 is 24.5 Å². The van der Waals surface area contributed by atoms with E-state index in [0.29, 0.717) is 0 Å². The first-order chi connectivity index (χ1) is 11.7. The lowest BCUT2D eigenvalue weighted by Crippen LogP contribution is -2.46. The zero-order chi connectivity index (χ0) is 17.2. The summed E-state index contributed by atoms with van der Waals surface area (Å²) in [5.41, 5.74) is 0. The van der Waals surface area contributed by atoms with Crippen LogP contribution in [0.5, 0.6) is 0 Å². The van der Waals surface area contributed by atoms with Crippen molar-refractivity contribution in [2.45, 2.75) is 19.4 Å². The summed E-state index contributed by atoms with van der Waals surface area (Å²) in [4.78, 5) is 6.68. The van der Waals surface area contributed by atoms with Crippen LogP contribution in [0.25, 0.3) is 0 Å². The van der Waals surface area contributed by atoms with Crippen LogP contribution in [0, 0.1) is 6.92 Å². The van der Waals surface area contributed by atoms with Gasteiger partial charge in [0.25, 0.3) is 0 Å². The van der Waals surface area contributed by atoms with E-state index in [1.165, 1.54) is 0 Å². The highest BCUT2D eigenvalue weighted by Gasteiger charge is 2.25. The summed E-state index contributed by atoms with van der Waals surface area (Å²) in [6.07, 6.45) is 0.946. The number of hydrogen-bond acceptors (Lipinski definition) is 5. The lowest BCUT2D eigenvalue weighted by atomic mass is 10.1. The van der Waals surface area contributed by atoms with Crippen LogP contribution in [0.2, 0.25) is 0 Å². The second kappa shape index (κ2) is 10.3. The third-order valence-electron chi connectivity index (χ3n) is 4.08. The fraction of sp³-hybridized carbons (Fsp3) is 0.706. The van der Waals surface area contributed by atoms with Gasteiger partial charge in [0.15, 0.2) is 5.96 Å². The Balaban J connectivity index is 1.92. The summed E-state index contributed by atoms with van der Waals surface area (Å²) in [6.45, 7) is 7.63. The molecular weight excluding hydrogens is 308 g/mol. The molecule has 1 aliphatic heterocycles.